The van der Waals surface area contributed by atoms with Gasteiger partial charge in [0.25, 0.3) is 0 Å². The molecule has 1 saturated heterocycles. The molecule has 0 aromatic carbocycles. The van der Waals surface area contributed by atoms with Crippen LogP contribution in [0.2, 0.25) is 0 Å². The van der Waals surface area contributed by atoms with Gasteiger partial charge in [-0.05, 0) is 46.5 Å². The van der Waals surface area contributed by atoms with E-state index in [-0.39, 0.29) is 6.09 Å². The van der Waals surface area contributed by atoms with Crippen molar-refractivity contribution in [2.45, 2.75) is 58.1 Å². The molecule has 4 heteroatoms. The summed E-state index contributed by atoms with van der Waals surface area (Å²) in [5, 5.41) is 0. The van der Waals surface area contributed by atoms with Gasteiger partial charge in [-0.1, -0.05) is 0 Å². The minimum Gasteiger partial charge on any atom is -0.444 e. The van der Waals surface area contributed by atoms with Gasteiger partial charge in [0.15, 0.2) is 0 Å². The summed E-state index contributed by atoms with van der Waals surface area (Å²) < 4.78 is 5.43. The lowest BCUT2D eigenvalue weighted by Crippen LogP contribution is -2.53. The van der Waals surface area contributed by atoms with Crippen LogP contribution in [0, 0.1) is 18.3 Å². The van der Waals surface area contributed by atoms with Crippen LogP contribution in [0.5, 0.6) is 0 Å². The maximum atomic E-state index is 12.0. The SMILES string of the molecule is C#CC1CCC(N2CCN(C(=O)OC(C)(C)C)CC2)CC1. The molecule has 0 aromatic rings. The van der Waals surface area contributed by atoms with E-state index in [0.717, 1.165) is 39.0 Å². The van der Waals surface area contributed by atoms with E-state index >= 15 is 0 Å². The van der Waals surface area contributed by atoms with Gasteiger partial charge in [0.05, 0.1) is 0 Å². The molecule has 21 heavy (non-hydrogen) atoms. The fraction of sp³-hybridized carbons (Fsp3) is 0.824. The molecular formula is C17H28N2O2. The van der Waals surface area contributed by atoms with Gasteiger partial charge in [-0.3, -0.25) is 4.90 Å². The topological polar surface area (TPSA) is 32.8 Å². The fourth-order valence-electron chi connectivity index (χ4n) is 3.20. The molecule has 1 saturated carbocycles. The van der Waals surface area contributed by atoms with E-state index in [1.807, 2.05) is 25.7 Å². The van der Waals surface area contributed by atoms with E-state index in [2.05, 4.69) is 10.8 Å². The summed E-state index contributed by atoms with van der Waals surface area (Å²) in [6.45, 7) is 9.16. The smallest absolute Gasteiger partial charge is 0.410 e. The van der Waals surface area contributed by atoms with Crippen molar-refractivity contribution < 1.29 is 9.53 Å². The van der Waals surface area contributed by atoms with E-state index < -0.39 is 5.60 Å². The van der Waals surface area contributed by atoms with Gasteiger partial charge < -0.3 is 9.64 Å². The molecule has 2 aliphatic rings. The molecule has 1 heterocycles. The van der Waals surface area contributed by atoms with Crippen molar-refractivity contribution in [1.82, 2.24) is 9.80 Å². The molecule has 0 bridgehead atoms. The number of nitrogens with zero attached hydrogens (tertiary/aromatic N) is 2. The number of hydrogen-bond acceptors (Lipinski definition) is 3. The lowest BCUT2D eigenvalue weighted by molar-refractivity contribution is 0.00771. The Morgan fingerprint density at radius 1 is 1.10 bits per heavy atom. The summed E-state index contributed by atoms with van der Waals surface area (Å²) in [4.78, 5) is 16.4. The summed E-state index contributed by atoms with van der Waals surface area (Å²) in [7, 11) is 0. The van der Waals surface area contributed by atoms with Crippen LogP contribution in [0.1, 0.15) is 46.5 Å². The number of hydrogen-bond donors (Lipinski definition) is 0. The van der Waals surface area contributed by atoms with E-state index in [1.165, 1.54) is 12.8 Å². The molecule has 1 aliphatic carbocycles. The average molecular weight is 292 g/mol. The fourth-order valence-corrected chi connectivity index (χ4v) is 3.20. The third kappa shape index (κ3) is 4.64. The highest BCUT2D eigenvalue weighted by Crippen LogP contribution is 2.27. The van der Waals surface area contributed by atoms with Crippen molar-refractivity contribution in [2.24, 2.45) is 5.92 Å². The largest absolute Gasteiger partial charge is 0.444 e. The third-order valence-corrected chi connectivity index (χ3v) is 4.41. The van der Waals surface area contributed by atoms with Crippen molar-refractivity contribution in [3.05, 3.63) is 0 Å². The molecule has 2 rings (SSSR count). The molecule has 0 N–H and O–H groups in total. The Balaban J connectivity index is 1.76. The summed E-state index contributed by atoms with van der Waals surface area (Å²) in [5.41, 5.74) is -0.415. The van der Waals surface area contributed by atoms with E-state index in [9.17, 15) is 4.79 Å². The normalized spacial score (nSPS) is 28.0. The van der Waals surface area contributed by atoms with Crippen molar-refractivity contribution >= 4 is 6.09 Å². The Labute approximate surface area is 128 Å². The molecule has 0 unspecified atom stereocenters. The molecule has 0 aromatic heterocycles. The molecule has 0 radical (unpaired) electrons. The average Bonchev–Trinajstić information content (AvgIpc) is 2.46. The lowest BCUT2D eigenvalue weighted by atomic mass is 9.85. The second-order valence-electron chi connectivity index (χ2n) is 7.18. The molecule has 0 atom stereocenters. The lowest BCUT2D eigenvalue weighted by Gasteiger charge is -2.41. The van der Waals surface area contributed by atoms with Crippen LogP contribution in [0.4, 0.5) is 4.79 Å². The van der Waals surface area contributed by atoms with Crippen LogP contribution < -0.4 is 0 Å². The highest BCUT2D eigenvalue weighted by Gasteiger charge is 2.30. The Kier molecular flexibility index (Phi) is 5.16. The highest BCUT2D eigenvalue weighted by molar-refractivity contribution is 5.68. The van der Waals surface area contributed by atoms with Crippen molar-refractivity contribution in [2.75, 3.05) is 26.2 Å². The van der Waals surface area contributed by atoms with Crippen molar-refractivity contribution in [1.29, 1.82) is 0 Å². The number of rotatable bonds is 1. The third-order valence-electron chi connectivity index (χ3n) is 4.41. The van der Waals surface area contributed by atoms with Crippen LogP contribution in [0.3, 0.4) is 0 Å². The highest BCUT2D eigenvalue weighted by atomic mass is 16.6. The Bertz CT molecular complexity index is 392. The van der Waals surface area contributed by atoms with E-state index in [1.54, 1.807) is 0 Å². The Hall–Kier alpha value is -1.21. The van der Waals surface area contributed by atoms with Crippen molar-refractivity contribution in [3.63, 3.8) is 0 Å². The monoisotopic (exact) mass is 292 g/mol. The first-order valence-corrected chi connectivity index (χ1v) is 8.07. The van der Waals surface area contributed by atoms with Gasteiger partial charge in [-0.2, -0.15) is 0 Å². The molecular weight excluding hydrogens is 264 g/mol. The molecule has 0 spiro atoms. The summed E-state index contributed by atoms with van der Waals surface area (Å²) in [6.07, 6.45) is 10.0. The number of carbonyl (C=O) groups is 1. The van der Waals surface area contributed by atoms with Gasteiger partial charge in [0.1, 0.15) is 5.60 Å². The summed E-state index contributed by atoms with van der Waals surface area (Å²) in [6, 6.07) is 0.649. The number of carbonyl (C=O) groups excluding carboxylic acids is 1. The zero-order chi connectivity index (χ0) is 15.5. The molecule has 2 fully saturated rings. The maximum Gasteiger partial charge on any atom is 0.410 e. The van der Waals surface area contributed by atoms with Crippen LogP contribution in [0.15, 0.2) is 0 Å². The van der Waals surface area contributed by atoms with Gasteiger partial charge in [0, 0.05) is 38.1 Å². The predicted octanol–water partition coefficient (Wildman–Crippen LogP) is 2.73. The second kappa shape index (κ2) is 6.70. The second-order valence-corrected chi connectivity index (χ2v) is 7.18. The van der Waals surface area contributed by atoms with E-state index in [0.29, 0.717) is 12.0 Å². The van der Waals surface area contributed by atoms with Crippen LogP contribution >= 0.6 is 0 Å². The standard InChI is InChI=1S/C17H28N2O2/c1-5-14-6-8-15(9-7-14)18-10-12-19(13-11-18)16(20)21-17(2,3)4/h1,14-15H,6-13H2,2-4H3. The quantitative estimate of drug-likeness (QED) is 0.697. The zero-order valence-electron chi connectivity index (χ0n) is 13.6. The van der Waals surface area contributed by atoms with Crippen LogP contribution in [0.25, 0.3) is 0 Å². The van der Waals surface area contributed by atoms with Crippen LogP contribution in [-0.4, -0.2) is 53.7 Å². The first-order valence-electron chi connectivity index (χ1n) is 8.07. The summed E-state index contributed by atoms with van der Waals surface area (Å²) in [5.74, 6) is 3.36. The summed E-state index contributed by atoms with van der Waals surface area (Å²) >= 11 is 0. The minimum atomic E-state index is -0.415. The van der Waals surface area contributed by atoms with Crippen molar-refractivity contribution in [3.8, 4) is 12.3 Å². The maximum absolute atomic E-state index is 12.0. The zero-order valence-corrected chi connectivity index (χ0v) is 13.6. The first-order chi connectivity index (χ1) is 9.89. The van der Waals surface area contributed by atoms with Crippen LogP contribution in [-0.2, 0) is 4.74 Å². The van der Waals surface area contributed by atoms with Gasteiger partial charge in [0.2, 0.25) is 0 Å². The van der Waals surface area contributed by atoms with Gasteiger partial charge in [-0.15, -0.1) is 12.3 Å². The molecule has 118 valence electrons. The van der Waals surface area contributed by atoms with Gasteiger partial charge in [-0.25, -0.2) is 4.79 Å². The molecule has 1 aliphatic heterocycles. The molecule has 1 amide bonds. The number of terminal acetylenes is 1. The number of amides is 1. The first kappa shape index (κ1) is 16.2. The van der Waals surface area contributed by atoms with E-state index in [4.69, 9.17) is 11.2 Å². The Morgan fingerprint density at radius 3 is 2.14 bits per heavy atom. The minimum absolute atomic E-state index is 0.182. The number of ether oxygens (including phenoxy) is 1. The number of piperazine rings is 1. The Morgan fingerprint density at radius 2 is 1.67 bits per heavy atom. The predicted molar refractivity (Wildman–Crippen MR) is 84.0 cm³/mol. The van der Waals surface area contributed by atoms with Gasteiger partial charge >= 0.3 is 6.09 Å². The molecule has 4 nitrogen and oxygen atoms in total.